The van der Waals surface area contributed by atoms with Crippen molar-refractivity contribution in [3.05, 3.63) is 94.5 Å². The number of nitrogens with two attached hydrogens (primary N) is 1. The highest BCUT2D eigenvalue weighted by molar-refractivity contribution is 6.30. The van der Waals surface area contributed by atoms with E-state index in [0.717, 1.165) is 5.56 Å². The van der Waals surface area contributed by atoms with Crippen LogP contribution in [0.1, 0.15) is 40.4 Å². The maximum absolute atomic E-state index is 14.3. The van der Waals surface area contributed by atoms with Crippen molar-refractivity contribution < 1.29 is 14.0 Å². The summed E-state index contributed by atoms with van der Waals surface area (Å²) in [6, 6.07) is 14.2. The SMILES string of the molecule is NC(CNC(=O)C1(c2ccc(Cl)cc2F)CC1)c1ccc(C(=O)Nc2ccncc2)cc1. The smallest absolute Gasteiger partial charge is 0.255 e. The minimum atomic E-state index is -0.858. The van der Waals surface area contributed by atoms with Gasteiger partial charge in [0.25, 0.3) is 5.91 Å². The lowest BCUT2D eigenvalue weighted by molar-refractivity contribution is -0.123. The molecule has 2 amide bonds. The van der Waals surface area contributed by atoms with E-state index in [1.54, 1.807) is 60.9 Å². The summed E-state index contributed by atoms with van der Waals surface area (Å²) < 4.78 is 14.3. The van der Waals surface area contributed by atoms with Gasteiger partial charge in [0, 0.05) is 46.8 Å². The third-order valence-electron chi connectivity index (χ3n) is 5.65. The normalized spacial score (nSPS) is 15.0. The van der Waals surface area contributed by atoms with E-state index < -0.39 is 17.3 Å². The average Bonchev–Trinajstić information content (AvgIpc) is 3.60. The summed E-state index contributed by atoms with van der Waals surface area (Å²) >= 11 is 5.82. The molecule has 1 unspecified atom stereocenters. The van der Waals surface area contributed by atoms with Gasteiger partial charge in [0.05, 0.1) is 5.41 Å². The molecule has 1 aliphatic carbocycles. The van der Waals surface area contributed by atoms with Crippen LogP contribution in [-0.4, -0.2) is 23.3 Å². The first-order chi connectivity index (χ1) is 15.4. The van der Waals surface area contributed by atoms with Gasteiger partial charge >= 0.3 is 0 Å². The Morgan fingerprint density at radius 2 is 1.78 bits per heavy atom. The number of benzene rings is 2. The van der Waals surface area contributed by atoms with Crippen LogP contribution in [0.2, 0.25) is 5.02 Å². The van der Waals surface area contributed by atoms with Gasteiger partial charge in [-0.3, -0.25) is 14.6 Å². The fourth-order valence-electron chi connectivity index (χ4n) is 3.63. The van der Waals surface area contributed by atoms with Crippen molar-refractivity contribution in [3.63, 3.8) is 0 Å². The second-order valence-corrected chi connectivity index (χ2v) is 8.27. The monoisotopic (exact) mass is 452 g/mol. The molecule has 1 atom stereocenters. The highest BCUT2D eigenvalue weighted by Gasteiger charge is 2.52. The summed E-state index contributed by atoms with van der Waals surface area (Å²) in [5, 5.41) is 5.93. The van der Waals surface area contributed by atoms with Gasteiger partial charge in [-0.2, -0.15) is 0 Å². The van der Waals surface area contributed by atoms with E-state index in [1.165, 1.54) is 6.07 Å². The molecule has 8 heteroatoms. The highest BCUT2D eigenvalue weighted by Crippen LogP contribution is 2.49. The van der Waals surface area contributed by atoms with Crippen LogP contribution in [0.5, 0.6) is 0 Å². The van der Waals surface area contributed by atoms with Crippen molar-refractivity contribution in [1.82, 2.24) is 10.3 Å². The van der Waals surface area contributed by atoms with E-state index in [4.69, 9.17) is 17.3 Å². The molecule has 0 radical (unpaired) electrons. The highest BCUT2D eigenvalue weighted by atomic mass is 35.5. The molecule has 0 aliphatic heterocycles. The molecule has 1 aliphatic rings. The van der Waals surface area contributed by atoms with Gasteiger partial charge in [-0.15, -0.1) is 0 Å². The van der Waals surface area contributed by atoms with Crippen LogP contribution in [-0.2, 0) is 10.2 Å². The molecule has 4 N–H and O–H groups in total. The van der Waals surface area contributed by atoms with Crippen LogP contribution in [0.25, 0.3) is 0 Å². The molecular weight excluding hydrogens is 431 g/mol. The lowest BCUT2D eigenvalue weighted by atomic mass is 9.94. The van der Waals surface area contributed by atoms with Gasteiger partial charge in [-0.1, -0.05) is 29.8 Å². The lowest BCUT2D eigenvalue weighted by Gasteiger charge is -2.19. The third kappa shape index (κ3) is 4.64. The number of aromatic nitrogens is 1. The van der Waals surface area contributed by atoms with E-state index in [0.29, 0.717) is 34.7 Å². The summed E-state index contributed by atoms with van der Waals surface area (Å²) in [4.78, 5) is 29.1. The fourth-order valence-corrected chi connectivity index (χ4v) is 3.79. The van der Waals surface area contributed by atoms with Gasteiger partial charge in [0.15, 0.2) is 0 Å². The van der Waals surface area contributed by atoms with Crippen molar-refractivity contribution in [2.45, 2.75) is 24.3 Å². The molecule has 4 rings (SSSR count). The number of pyridine rings is 1. The predicted molar refractivity (Wildman–Crippen MR) is 121 cm³/mol. The Hall–Kier alpha value is -3.29. The molecule has 0 saturated heterocycles. The quantitative estimate of drug-likeness (QED) is 0.505. The molecule has 3 aromatic rings. The van der Waals surface area contributed by atoms with Crippen molar-refractivity contribution in [3.8, 4) is 0 Å². The maximum Gasteiger partial charge on any atom is 0.255 e. The molecule has 1 fully saturated rings. The van der Waals surface area contributed by atoms with E-state index >= 15 is 0 Å². The van der Waals surface area contributed by atoms with Crippen LogP contribution in [0, 0.1) is 5.82 Å². The first-order valence-corrected chi connectivity index (χ1v) is 10.6. The Kier molecular flexibility index (Phi) is 6.21. The number of carbonyl (C=O) groups excluding carboxylic acids is 2. The number of hydrogen-bond acceptors (Lipinski definition) is 4. The number of rotatable bonds is 7. The predicted octanol–water partition coefficient (Wildman–Crippen LogP) is 3.97. The molecule has 6 nitrogen and oxygen atoms in total. The first kappa shape index (κ1) is 21.9. The molecule has 2 aromatic carbocycles. The van der Waals surface area contributed by atoms with E-state index in [2.05, 4.69) is 15.6 Å². The van der Waals surface area contributed by atoms with Gasteiger partial charge < -0.3 is 16.4 Å². The Morgan fingerprint density at radius 3 is 2.41 bits per heavy atom. The number of carbonyl (C=O) groups is 2. The summed E-state index contributed by atoms with van der Waals surface area (Å²) in [5.41, 5.74) is 7.64. The number of nitrogens with zero attached hydrogens (tertiary/aromatic N) is 1. The zero-order valence-corrected chi connectivity index (χ0v) is 17.9. The number of halogens is 2. The fraction of sp³-hybridized carbons (Fsp3) is 0.208. The van der Waals surface area contributed by atoms with Crippen LogP contribution in [0.4, 0.5) is 10.1 Å². The van der Waals surface area contributed by atoms with Crippen LogP contribution in [0.15, 0.2) is 67.0 Å². The van der Waals surface area contributed by atoms with Gasteiger partial charge in [0.1, 0.15) is 5.82 Å². The van der Waals surface area contributed by atoms with E-state index in [1.807, 2.05) is 0 Å². The molecule has 0 bridgehead atoms. The van der Waals surface area contributed by atoms with Gasteiger partial charge in [-0.05, 0) is 54.8 Å². The Balaban J connectivity index is 1.35. The molecule has 164 valence electrons. The number of hydrogen-bond donors (Lipinski definition) is 3. The summed E-state index contributed by atoms with van der Waals surface area (Å²) in [6.45, 7) is 0.193. The largest absolute Gasteiger partial charge is 0.353 e. The minimum absolute atomic E-state index is 0.193. The molecule has 0 spiro atoms. The van der Waals surface area contributed by atoms with Crippen LogP contribution in [0.3, 0.4) is 0 Å². The molecule has 32 heavy (non-hydrogen) atoms. The molecule has 1 aromatic heterocycles. The zero-order chi connectivity index (χ0) is 22.7. The second kappa shape index (κ2) is 9.06. The van der Waals surface area contributed by atoms with Crippen LogP contribution < -0.4 is 16.4 Å². The number of nitrogens with one attached hydrogen (secondary N) is 2. The van der Waals surface area contributed by atoms with E-state index in [-0.39, 0.29) is 18.4 Å². The van der Waals surface area contributed by atoms with Gasteiger partial charge in [0.2, 0.25) is 5.91 Å². The number of anilines is 1. The topological polar surface area (TPSA) is 97.1 Å². The lowest BCUT2D eigenvalue weighted by Crippen LogP contribution is -2.39. The van der Waals surface area contributed by atoms with Crippen molar-refractivity contribution in [2.75, 3.05) is 11.9 Å². The third-order valence-corrected chi connectivity index (χ3v) is 5.89. The second-order valence-electron chi connectivity index (χ2n) is 7.83. The average molecular weight is 453 g/mol. The first-order valence-electron chi connectivity index (χ1n) is 10.2. The Labute approximate surface area is 190 Å². The maximum atomic E-state index is 14.3. The van der Waals surface area contributed by atoms with E-state index in [9.17, 15) is 14.0 Å². The number of amides is 2. The zero-order valence-electron chi connectivity index (χ0n) is 17.1. The molecule has 1 heterocycles. The summed E-state index contributed by atoms with van der Waals surface area (Å²) in [5.74, 6) is -0.970. The Bertz CT molecular complexity index is 1130. The minimum Gasteiger partial charge on any atom is -0.353 e. The summed E-state index contributed by atoms with van der Waals surface area (Å²) in [7, 11) is 0. The van der Waals surface area contributed by atoms with Crippen molar-refractivity contribution >= 4 is 29.1 Å². The molecule has 1 saturated carbocycles. The Morgan fingerprint density at radius 1 is 1.09 bits per heavy atom. The van der Waals surface area contributed by atoms with Crippen molar-refractivity contribution in [1.29, 1.82) is 0 Å². The standard InChI is InChI=1S/C24H22ClFN4O2/c25-17-5-6-19(20(26)13-17)24(9-10-24)23(32)29-14-21(27)15-1-3-16(4-2-15)22(31)30-18-7-11-28-12-8-18/h1-8,11-13,21H,9-10,14,27H2,(H,29,32)(H,28,30,31). The summed E-state index contributed by atoms with van der Waals surface area (Å²) in [6.07, 6.45) is 4.35. The van der Waals surface area contributed by atoms with Crippen LogP contribution >= 0.6 is 11.6 Å². The van der Waals surface area contributed by atoms with Crippen molar-refractivity contribution in [2.24, 2.45) is 5.73 Å². The molecular formula is C24H22ClFN4O2. The van der Waals surface area contributed by atoms with Gasteiger partial charge in [-0.25, -0.2) is 4.39 Å².